The molecule has 0 aliphatic carbocycles. The molecule has 3 nitrogen and oxygen atoms in total. The third kappa shape index (κ3) is 2.87. The average Bonchev–Trinajstić information content (AvgIpc) is 2.81. The molecule has 0 atom stereocenters. The average molecular weight is 329 g/mol. The van der Waals surface area contributed by atoms with Gasteiger partial charge in [0.15, 0.2) is 0 Å². The number of hydrogen-bond acceptors (Lipinski definition) is 2. The Balaban J connectivity index is 2.28. The Morgan fingerprint density at radius 1 is 1.44 bits per heavy atom. The van der Waals surface area contributed by atoms with Crippen LogP contribution in [0, 0.1) is 0 Å². The summed E-state index contributed by atoms with van der Waals surface area (Å²) in [7, 11) is 0. The Hall–Kier alpha value is -1.000. The summed E-state index contributed by atoms with van der Waals surface area (Å²) in [6, 6.07) is 5.79. The molecule has 1 heterocycles. The number of aromatic nitrogens is 2. The van der Waals surface area contributed by atoms with Gasteiger partial charge in [-0.2, -0.15) is 0 Å². The van der Waals surface area contributed by atoms with Crippen LogP contribution in [0.25, 0.3) is 5.69 Å². The number of benzene rings is 1. The van der Waals surface area contributed by atoms with E-state index >= 15 is 0 Å². The zero-order valence-corrected chi connectivity index (χ0v) is 12.5. The van der Waals surface area contributed by atoms with E-state index in [0.29, 0.717) is 5.02 Å². The Morgan fingerprint density at radius 3 is 3.06 bits per heavy atom. The molecule has 5 heteroatoms. The maximum absolute atomic E-state index is 6.11. The third-order valence-corrected chi connectivity index (χ3v) is 4.02. The Kier molecular flexibility index (Phi) is 4.66. The van der Waals surface area contributed by atoms with Gasteiger partial charge in [0.2, 0.25) is 5.95 Å². The monoisotopic (exact) mass is 327 g/mol. The molecule has 0 aliphatic rings. The molecule has 2 aromatic rings. The molecule has 0 unspecified atom stereocenters. The lowest BCUT2D eigenvalue weighted by Crippen LogP contribution is -2.07. The van der Waals surface area contributed by atoms with Crippen LogP contribution in [0.2, 0.25) is 5.02 Å². The van der Waals surface area contributed by atoms with Gasteiger partial charge in [-0.1, -0.05) is 31.0 Å². The lowest BCUT2D eigenvalue weighted by Gasteiger charge is -2.11. The number of rotatable bonds is 5. The number of nitrogens with zero attached hydrogens (tertiary/aromatic N) is 2. The molecule has 2 rings (SSSR count). The Labute approximate surface area is 120 Å². The zero-order chi connectivity index (χ0) is 13.0. The highest BCUT2D eigenvalue weighted by molar-refractivity contribution is 9.10. The Morgan fingerprint density at radius 2 is 2.28 bits per heavy atom. The highest BCUT2D eigenvalue weighted by Crippen LogP contribution is 2.30. The van der Waals surface area contributed by atoms with Gasteiger partial charge in [-0.25, -0.2) is 4.98 Å². The van der Waals surface area contributed by atoms with Crippen molar-refractivity contribution in [3.63, 3.8) is 0 Å². The fraction of sp³-hybridized carbons (Fsp3) is 0.308. The summed E-state index contributed by atoms with van der Waals surface area (Å²) >= 11 is 9.62. The van der Waals surface area contributed by atoms with Crippen molar-refractivity contribution in [1.29, 1.82) is 0 Å². The van der Waals surface area contributed by atoms with Crippen LogP contribution in [0.1, 0.15) is 19.8 Å². The van der Waals surface area contributed by atoms with Gasteiger partial charge in [0.1, 0.15) is 0 Å². The molecule has 0 aliphatic heterocycles. The molecule has 18 heavy (non-hydrogen) atoms. The molecular weight excluding hydrogens is 314 g/mol. The molecule has 0 radical (unpaired) electrons. The lowest BCUT2D eigenvalue weighted by molar-refractivity contribution is 0.823. The summed E-state index contributed by atoms with van der Waals surface area (Å²) in [6.07, 6.45) is 5.99. The van der Waals surface area contributed by atoms with Crippen LogP contribution >= 0.6 is 27.5 Å². The first-order valence-corrected chi connectivity index (χ1v) is 7.12. The van der Waals surface area contributed by atoms with Crippen molar-refractivity contribution < 1.29 is 0 Å². The molecule has 1 N–H and O–H groups in total. The van der Waals surface area contributed by atoms with E-state index < -0.39 is 0 Å². The van der Waals surface area contributed by atoms with Gasteiger partial charge >= 0.3 is 0 Å². The number of anilines is 1. The van der Waals surface area contributed by atoms with Crippen molar-refractivity contribution >= 4 is 33.5 Å². The van der Waals surface area contributed by atoms with E-state index in [-0.39, 0.29) is 0 Å². The predicted molar refractivity (Wildman–Crippen MR) is 79.7 cm³/mol. The SMILES string of the molecule is CCCCNc1nccn1-c1cccc(Cl)c1Br. The van der Waals surface area contributed by atoms with Crippen molar-refractivity contribution in [1.82, 2.24) is 9.55 Å². The first kappa shape index (κ1) is 13.4. The Bertz CT molecular complexity index is 525. The second-order valence-electron chi connectivity index (χ2n) is 3.97. The fourth-order valence-electron chi connectivity index (χ4n) is 1.68. The largest absolute Gasteiger partial charge is 0.355 e. The van der Waals surface area contributed by atoms with Crippen molar-refractivity contribution in [3.8, 4) is 5.69 Å². The maximum Gasteiger partial charge on any atom is 0.207 e. The molecule has 0 spiro atoms. The highest BCUT2D eigenvalue weighted by atomic mass is 79.9. The molecule has 96 valence electrons. The first-order valence-electron chi connectivity index (χ1n) is 5.95. The van der Waals surface area contributed by atoms with E-state index in [9.17, 15) is 0 Å². The standard InChI is InChI=1S/C13H15BrClN3/c1-2-3-7-16-13-17-8-9-18(13)11-6-4-5-10(15)12(11)14/h4-6,8-9H,2-3,7H2,1H3,(H,16,17). The van der Waals surface area contributed by atoms with Crippen LogP contribution in [-0.2, 0) is 0 Å². The van der Waals surface area contributed by atoms with Crippen LogP contribution in [0.3, 0.4) is 0 Å². The van der Waals surface area contributed by atoms with Crippen LogP contribution in [0.4, 0.5) is 5.95 Å². The van der Waals surface area contributed by atoms with Gasteiger partial charge in [-0.05, 0) is 34.5 Å². The van der Waals surface area contributed by atoms with E-state index in [4.69, 9.17) is 11.6 Å². The molecule has 0 saturated heterocycles. The van der Waals surface area contributed by atoms with E-state index in [1.165, 1.54) is 0 Å². The number of halogens is 2. The minimum absolute atomic E-state index is 0.695. The zero-order valence-electron chi connectivity index (χ0n) is 10.2. The van der Waals surface area contributed by atoms with Crippen molar-refractivity contribution in [3.05, 3.63) is 40.1 Å². The van der Waals surface area contributed by atoms with Crippen molar-refractivity contribution in [2.75, 3.05) is 11.9 Å². The summed E-state index contributed by atoms with van der Waals surface area (Å²) in [5.74, 6) is 0.839. The van der Waals surface area contributed by atoms with Crippen molar-refractivity contribution in [2.24, 2.45) is 0 Å². The van der Waals surface area contributed by atoms with Crippen LogP contribution < -0.4 is 5.32 Å². The molecule has 0 saturated carbocycles. The molecule has 0 bridgehead atoms. The van der Waals surface area contributed by atoms with Crippen LogP contribution in [0.5, 0.6) is 0 Å². The minimum atomic E-state index is 0.695. The van der Waals surface area contributed by atoms with Gasteiger partial charge in [0, 0.05) is 18.9 Å². The smallest absolute Gasteiger partial charge is 0.207 e. The second kappa shape index (κ2) is 6.25. The third-order valence-electron chi connectivity index (χ3n) is 2.64. The van der Waals surface area contributed by atoms with Gasteiger partial charge in [0.05, 0.1) is 15.2 Å². The molecular formula is C13H15BrClN3. The summed E-state index contributed by atoms with van der Waals surface area (Å²) < 4.78 is 2.87. The minimum Gasteiger partial charge on any atom is -0.355 e. The summed E-state index contributed by atoms with van der Waals surface area (Å²) in [5.41, 5.74) is 0.985. The van der Waals surface area contributed by atoms with Gasteiger partial charge in [-0.3, -0.25) is 4.57 Å². The van der Waals surface area contributed by atoms with E-state index in [2.05, 4.69) is 33.2 Å². The van der Waals surface area contributed by atoms with E-state index in [1.807, 2.05) is 29.0 Å². The molecule has 1 aromatic carbocycles. The topological polar surface area (TPSA) is 29.9 Å². The summed E-state index contributed by atoms with van der Waals surface area (Å²) in [6.45, 7) is 3.09. The maximum atomic E-state index is 6.11. The van der Waals surface area contributed by atoms with E-state index in [1.54, 1.807) is 6.20 Å². The van der Waals surface area contributed by atoms with Gasteiger partial charge in [-0.15, -0.1) is 0 Å². The summed E-state index contributed by atoms with van der Waals surface area (Å²) in [5, 5.41) is 4.02. The highest BCUT2D eigenvalue weighted by Gasteiger charge is 2.09. The van der Waals surface area contributed by atoms with Crippen molar-refractivity contribution in [2.45, 2.75) is 19.8 Å². The molecule has 0 fully saturated rings. The summed E-state index contributed by atoms with van der Waals surface area (Å²) in [4.78, 5) is 4.32. The quantitative estimate of drug-likeness (QED) is 0.819. The van der Waals surface area contributed by atoms with Gasteiger partial charge < -0.3 is 5.32 Å². The molecule has 0 amide bonds. The number of nitrogens with one attached hydrogen (secondary N) is 1. The first-order chi connectivity index (χ1) is 8.74. The molecule has 1 aromatic heterocycles. The second-order valence-corrected chi connectivity index (χ2v) is 5.17. The lowest BCUT2D eigenvalue weighted by atomic mass is 10.3. The van der Waals surface area contributed by atoms with Crippen LogP contribution in [0.15, 0.2) is 35.1 Å². The predicted octanol–water partition coefficient (Wildman–Crippen LogP) is 4.50. The van der Waals surface area contributed by atoms with E-state index in [0.717, 1.165) is 35.5 Å². The number of hydrogen-bond donors (Lipinski definition) is 1. The number of imidazole rings is 1. The normalized spacial score (nSPS) is 10.6. The van der Waals surface area contributed by atoms with Gasteiger partial charge in [0.25, 0.3) is 0 Å². The van der Waals surface area contributed by atoms with Crippen LogP contribution in [-0.4, -0.2) is 16.1 Å². The fourth-order valence-corrected chi connectivity index (χ4v) is 2.31. The number of unbranched alkanes of at least 4 members (excludes halogenated alkanes) is 1.